The average Bonchev–Trinajstić information content (AvgIpc) is 2.67. The summed E-state index contributed by atoms with van der Waals surface area (Å²) in [4.78, 5) is 7.48. The van der Waals surface area contributed by atoms with E-state index in [2.05, 4.69) is 55.1 Å². The van der Waals surface area contributed by atoms with Crippen LogP contribution >= 0.6 is 0 Å². The van der Waals surface area contributed by atoms with Gasteiger partial charge in [-0.1, -0.05) is 43.3 Å². The molecule has 0 spiro atoms. The number of nitrogens with zero attached hydrogens (tertiary/aromatic N) is 3. The Kier molecular flexibility index (Phi) is 4.34. The van der Waals surface area contributed by atoms with Crippen LogP contribution in [0.5, 0.6) is 0 Å². The van der Waals surface area contributed by atoms with E-state index >= 15 is 0 Å². The molecule has 26 heavy (non-hydrogen) atoms. The average molecular weight is 341 g/mol. The fourth-order valence-electron chi connectivity index (χ4n) is 4.10. The van der Waals surface area contributed by atoms with Crippen molar-refractivity contribution in [3.8, 4) is 17.2 Å². The first-order valence-electron chi connectivity index (χ1n) is 9.32. The van der Waals surface area contributed by atoms with Crippen LogP contribution in [0.4, 0.5) is 5.82 Å². The van der Waals surface area contributed by atoms with Gasteiger partial charge in [0, 0.05) is 29.7 Å². The highest BCUT2D eigenvalue weighted by Crippen LogP contribution is 2.37. The Morgan fingerprint density at radius 3 is 2.69 bits per heavy atom. The molecule has 1 fully saturated rings. The lowest BCUT2D eigenvalue weighted by Crippen LogP contribution is -2.35. The van der Waals surface area contributed by atoms with Crippen molar-refractivity contribution in [3.05, 3.63) is 59.8 Å². The lowest BCUT2D eigenvalue weighted by molar-refractivity contribution is 0.445. The van der Waals surface area contributed by atoms with Crippen LogP contribution in [0, 0.1) is 24.2 Å². The van der Waals surface area contributed by atoms with Crippen molar-refractivity contribution in [2.45, 2.75) is 26.7 Å². The zero-order chi connectivity index (χ0) is 18.1. The lowest BCUT2D eigenvalue weighted by atomic mass is 9.95. The molecule has 0 amide bonds. The van der Waals surface area contributed by atoms with Gasteiger partial charge >= 0.3 is 0 Å². The second-order valence-electron chi connectivity index (χ2n) is 7.33. The standard InChI is InChI=1S/C23H23N3/c1-16-7-6-12-26(15-16)23-21-11-4-3-10-20(21)22(17(2)25-23)19-9-5-8-18(13-19)14-24/h3-5,8-11,13,16H,6-7,12,15H2,1-2H3. The van der Waals surface area contributed by atoms with Gasteiger partial charge in [0.05, 0.1) is 11.6 Å². The molecular formula is C23H23N3. The third kappa shape index (κ3) is 2.93. The van der Waals surface area contributed by atoms with Gasteiger partial charge in [-0.25, -0.2) is 4.98 Å². The predicted molar refractivity (Wildman–Crippen MR) is 107 cm³/mol. The van der Waals surface area contributed by atoms with Gasteiger partial charge in [0.15, 0.2) is 0 Å². The maximum atomic E-state index is 9.26. The molecule has 0 N–H and O–H groups in total. The maximum Gasteiger partial charge on any atom is 0.136 e. The molecule has 1 atom stereocenters. The summed E-state index contributed by atoms with van der Waals surface area (Å²) in [5, 5.41) is 11.7. The zero-order valence-electron chi connectivity index (χ0n) is 15.4. The number of aryl methyl sites for hydroxylation is 1. The number of rotatable bonds is 2. The van der Waals surface area contributed by atoms with Crippen LogP contribution in [0.25, 0.3) is 21.9 Å². The largest absolute Gasteiger partial charge is 0.356 e. The van der Waals surface area contributed by atoms with Crippen LogP contribution < -0.4 is 4.90 Å². The highest BCUT2D eigenvalue weighted by molar-refractivity contribution is 6.03. The van der Waals surface area contributed by atoms with Crippen molar-refractivity contribution in [1.82, 2.24) is 4.98 Å². The van der Waals surface area contributed by atoms with Crippen molar-refractivity contribution < 1.29 is 0 Å². The highest BCUT2D eigenvalue weighted by atomic mass is 15.2. The van der Waals surface area contributed by atoms with Gasteiger partial charge in [-0.3, -0.25) is 0 Å². The minimum Gasteiger partial charge on any atom is -0.356 e. The molecule has 2 heterocycles. The number of hydrogen-bond acceptors (Lipinski definition) is 3. The summed E-state index contributed by atoms with van der Waals surface area (Å²) in [6, 6.07) is 18.6. The van der Waals surface area contributed by atoms with Gasteiger partial charge in [-0.05, 0) is 48.8 Å². The van der Waals surface area contributed by atoms with E-state index in [4.69, 9.17) is 4.98 Å². The smallest absolute Gasteiger partial charge is 0.136 e. The SMILES string of the molecule is Cc1nc(N2CCCC(C)C2)c2ccccc2c1-c1cccc(C#N)c1. The van der Waals surface area contributed by atoms with Crippen LogP contribution in [0.15, 0.2) is 48.5 Å². The minimum absolute atomic E-state index is 0.680. The normalized spacial score (nSPS) is 17.3. The van der Waals surface area contributed by atoms with Crippen LogP contribution in [-0.4, -0.2) is 18.1 Å². The van der Waals surface area contributed by atoms with Crippen molar-refractivity contribution >= 4 is 16.6 Å². The molecule has 2 aromatic carbocycles. The Balaban J connectivity index is 1.92. The lowest BCUT2D eigenvalue weighted by Gasteiger charge is -2.33. The summed E-state index contributed by atoms with van der Waals surface area (Å²) in [5.41, 5.74) is 3.89. The Morgan fingerprint density at radius 1 is 1.12 bits per heavy atom. The van der Waals surface area contributed by atoms with Crippen LogP contribution in [-0.2, 0) is 0 Å². The van der Waals surface area contributed by atoms with Gasteiger partial charge in [0.1, 0.15) is 5.82 Å². The van der Waals surface area contributed by atoms with Crippen LogP contribution in [0.3, 0.4) is 0 Å². The molecule has 0 aliphatic carbocycles. The topological polar surface area (TPSA) is 39.9 Å². The number of piperidine rings is 1. The van der Waals surface area contributed by atoms with E-state index in [1.54, 1.807) is 0 Å². The first kappa shape index (κ1) is 16.6. The molecule has 3 nitrogen and oxygen atoms in total. The number of hydrogen-bond donors (Lipinski definition) is 0. The third-order valence-corrected chi connectivity index (χ3v) is 5.31. The van der Waals surface area contributed by atoms with E-state index in [1.165, 1.54) is 23.6 Å². The number of anilines is 1. The molecule has 1 unspecified atom stereocenters. The Bertz CT molecular complexity index is 1000. The molecule has 1 saturated heterocycles. The molecule has 0 radical (unpaired) electrons. The van der Waals surface area contributed by atoms with E-state index in [-0.39, 0.29) is 0 Å². The van der Waals surface area contributed by atoms with Gasteiger partial charge in [0.25, 0.3) is 0 Å². The van der Waals surface area contributed by atoms with Crippen LogP contribution in [0.1, 0.15) is 31.0 Å². The van der Waals surface area contributed by atoms with E-state index < -0.39 is 0 Å². The third-order valence-electron chi connectivity index (χ3n) is 5.31. The fraction of sp³-hybridized carbons (Fsp3) is 0.304. The van der Waals surface area contributed by atoms with Crippen molar-refractivity contribution in [2.24, 2.45) is 5.92 Å². The Hall–Kier alpha value is -2.86. The number of pyridine rings is 1. The molecule has 1 aromatic heterocycles. The Morgan fingerprint density at radius 2 is 1.92 bits per heavy atom. The first-order chi connectivity index (χ1) is 12.7. The molecule has 3 aromatic rings. The molecular weight excluding hydrogens is 318 g/mol. The first-order valence-corrected chi connectivity index (χ1v) is 9.32. The van der Waals surface area contributed by atoms with Gasteiger partial charge in [0.2, 0.25) is 0 Å². The molecule has 4 rings (SSSR count). The van der Waals surface area contributed by atoms with Crippen molar-refractivity contribution in [2.75, 3.05) is 18.0 Å². The second-order valence-corrected chi connectivity index (χ2v) is 7.33. The van der Waals surface area contributed by atoms with E-state index in [0.717, 1.165) is 35.7 Å². The highest BCUT2D eigenvalue weighted by Gasteiger charge is 2.21. The minimum atomic E-state index is 0.680. The number of fused-ring (bicyclic) bond motifs is 1. The number of aromatic nitrogens is 1. The van der Waals surface area contributed by atoms with Crippen molar-refractivity contribution in [3.63, 3.8) is 0 Å². The summed E-state index contributed by atoms with van der Waals surface area (Å²) < 4.78 is 0. The second kappa shape index (κ2) is 6.80. The molecule has 3 heteroatoms. The van der Waals surface area contributed by atoms with E-state index in [0.29, 0.717) is 11.5 Å². The summed E-state index contributed by atoms with van der Waals surface area (Å²) in [7, 11) is 0. The molecule has 1 aliphatic heterocycles. The quantitative estimate of drug-likeness (QED) is 0.633. The zero-order valence-corrected chi connectivity index (χ0v) is 15.4. The summed E-state index contributed by atoms with van der Waals surface area (Å²) in [6.45, 7) is 6.55. The summed E-state index contributed by atoms with van der Waals surface area (Å²) in [5.74, 6) is 1.81. The van der Waals surface area contributed by atoms with Gasteiger partial charge < -0.3 is 4.90 Å². The molecule has 130 valence electrons. The molecule has 0 saturated carbocycles. The van der Waals surface area contributed by atoms with Gasteiger partial charge in [-0.15, -0.1) is 0 Å². The number of benzene rings is 2. The summed E-state index contributed by atoms with van der Waals surface area (Å²) >= 11 is 0. The van der Waals surface area contributed by atoms with Crippen molar-refractivity contribution in [1.29, 1.82) is 5.26 Å². The number of nitriles is 1. The van der Waals surface area contributed by atoms with Crippen LogP contribution in [0.2, 0.25) is 0 Å². The monoisotopic (exact) mass is 341 g/mol. The van der Waals surface area contributed by atoms with E-state index in [1.807, 2.05) is 18.2 Å². The van der Waals surface area contributed by atoms with Gasteiger partial charge in [-0.2, -0.15) is 5.26 Å². The fourth-order valence-corrected chi connectivity index (χ4v) is 4.10. The summed E-state index contributed by atoms with van der Waals surface area (Å²) in [6.07, 6.45) is 2.52. The maximum absolute atomic E-state index is 9.26. The van der Waals surface area contributed by atoms with E-state index in [9.17, 15) is 5.26 Å². The Labute approximate surface area is 154 Å². The molecule has 1 aliphatic rings. The predicted octanol–water partition coefficient (Wildman–Crippen LogP) is 5.32. The molecule has 0 bridgehead atoms.